The van der Waals surface area contributed by atoms with Gasteiger partial charge in [-0.1, -0.05) is 12.1 Å². The molecular formula is C13H17FN2O3. The van der Waals surface area contributed by atoms with E-state index in [0.29, 0.717) is 6.54 Å². The van der Waals surface area contributed by atoms with Crippen LogP contribution in [0.25, 0.3) is 0 Å². The third-order valence-corrected chi connectivity index (χ3v) is 3.39. The Morgan fingerprint density at radius 3 is 3.00 bits per heavy atom. The van der Waals surface area contributed by atoms with Crippen molar-refractivity contribution >= 4 is 5.69 Å². The van der Waals surface area contributed by atoms with E-state index in [9.17, 15) is 14.5 Å². The van der Waals surface area contributed by atoms with Crippen LogP contribution >= 0.6 is 0 Å². The highest BCUT2D eigenvalue weighted by atomic mass is 19.1. The van der Waals surface area contributed by atoms with Crippen molar-refractivity contribution in [3.8, 4) is 0 Å². The first kappa shape index (κ1) is 13.9. The molecule has 0 spiro atoms. The summed E-state index contributed by atoms with van der Waals surface area (Å²) in [5.74, 6) is -0.806. The highest BCUT2D eigenvalue weighted by molar-refractivity contribution is 5.36. The minimum Gasteiger partial charge on any atom is -0.369 e. The summed E-state index contributed by atoms with van der Waals surface area (Å²) in [5.41, 5.74) is -0.621. The Hall–Kier alpha value is -1.53. The number of benzene rings is 1. The molecule has 0 bridgehead atoms. The SMILES string of the molecule is CC1(OCc2cccc([N+](=O)[O-])c2F)CCCNC1. The molecule has 0 saturated carbocycles. The van der Waals surface area contributed by atoms with E-state index in [-0.39, 0.29) is 17.8 Å². The molecule has 1 saturated heterocycles. The van der Waals surface area contributed by atoms with Crippen molar-refractivity contribution in [2.24, 2.45) is 0 Å². The maximum Gasteiger partial charge on any atom is 0.305 e. The van der Waals surface area contributed by atoms with Gasteiger partial charge >= 0.3 is 5.69 Å². The van der Waals surface area contributed by atoms with Crippen LogP contribution in [0.4, 0.5) is 10.1 Å². The van der Waals surface area contributed by atoms with E-state index in [4.69, 9.17) is 4.74 Å². The topological polar surface area (TPSA) is 64.4 Å². The van der Waals surface area contributed by atoms with E-state index in [0.717, 1.165) is 25.5 Å². The van der Waals surface area contributed by atoms with Crippen LogP contribution in [0, 0.1) is 15.9 Å². The molecule has 6 heteroatoms. The van der Waals surface area contributed by atoms with Gasteiger partial charge in [0, 0.05) is 18.2 Å². The van der Waals surface area contributed by atoms with Crippen molar-refractivity contribution in [2.45, 2.75) is 32.0 Å². The molecule has 1 unspecified atom stereocenters. The average Bonchev–Trinajstić information content (AvgIpc) is 2.38. The first-order valence-corrected chi connectivity index (χ1v) is 6.28. The first-order chi connectivity index (χ1) is 9.02. The lowest BCUT2D eigenvalue weighted by Gasteiger charge is -2.34. The van der Waals surface area contributed by atoms with E-state index < -0.39 is 16.4 Å². The molecule has 0 aromatic heterocycles. The molecule has 1 aliphatic rings. The van der Waals surface area contributed by atoms with Gasteiger partial charge in [-0.3, -0.25) is 10.1 Å². The Morgan fingerprint density at radius 2 is 2.37 bits per heavy atom. The molecule has 104 valence electrons. The lowest BCUT2D eigenvalue weighted by molar-refractivity contribution is -0.387. The van der Waals surface area contributed by atoms with E-state index in [2.05, 4.69) is 5.32 Å². The Morgan fingerprint density at radius 1 is 1.58 bits per heavy atom. The van der Waals surface area contributed by atoms with E-state index in [1.165, 1.54) is 12.1 Å². The molecule has 1 heterocycles. The van der Waals surface area contributed by atoms with Crippen LogP contribution in [-0.2, 0) is 11.3 Å². The molecule has 1 aliphatic heterocycles. The summed E-state index contributed by atoms with van der Waals surface area (Å²) in [7, 11) is 0. The van der Waals surface area contributed by atoms with Crippen LogP contribution in [0.15, 0.2) is 18.2 Å². The van der Waals surface area contributed by atoms with E-state index in [1.807, 2.05) is 6.92 Å². The standard InChI is InChI=1S/C13H17FN2O3/c1-13(6-3-7-15-9-13)19-8-10-4-2-5-11(12(10)14)16(17)18/h2,4-5,15H,3,6-9H2,1H3. The predicted octanol–water partition coefficient (Wildman–Crippen LogP) is 2.39. The zero-order valence-corrected chi connectivity index (χ0v) is 10.8. The number of ether oxygens (including phenoxy) is 1. The molecule has 1 atom stereocenters. The van der Waals surface area contributed by atoms with Gasteiger partial charge in [-0.05, 0) is 26.3 Å². The highest BCUT2D eigenvalue weighted by Gasteiger charge is 2.28. The number of nitrogens with one attached hydrogen (secondary N) is 1. The van der Waals surface area contributed by atoms with Gasteiger partial charge in [0.05, 0.1) is 17.1 Å². The Bertz CT molecular complexity index is 473. The molecular weight excluding hydrogens is 251 g/mol. The largest absolute Gasteiger partial charge is 0.369 e. The zero-order chi connectivity index (χ0) is 13.9. The molecule has 1 fully saturated rings. The number of nitro groups is 1. The molecule has 19 heavy (non-hydrogen) atoms. The number of piperidine rings is 1. The maximum atomic E-state index is 13.9. The maximum absolute atomic E-state index is 13.9. The summed E-state index contributed by atoms with van der Waals surface area (Å²) in [6, 6.07) is 4.14. The van der Waals surface area contributed by atoms with Crippen LogP contribution < -0.4 is 5.32 Å². The molecule has 1 aromatic carbocycles. The van der Waals surface area contributed by atoms with Gasteiger partial charge in [-0.2, -0.15) is 4.39 Å². The average molecular weight is 268 g/mol. The fourth-order valence-electron chi connectivity index (χ4n) is 2.22. The van der Waals surface area contributed by atoms with Gasteiger partial charge in [-0.25, -0.2) is 0 Å². The summed E-state index contributed by atoms with van der Waals surface area (Å²) < 4.78 is 19.6. The molecule has 1 N–H and O–H groups in total. The lowest BCUT2D eigenvalue weighted by Crippen LogP contribution is -2.45. The number of hydrogen-bond acceptors (Lipinski definition) is 4. The second kappa shape index (κ2) is 5.63. The van der Waals surface area contributed by atoms with E-state index >= 15 is 0 Å². The lowest BCUT2D eigenvalue weighted by atomic mass is 9.96. The monoisotopic (exact) mass is 268 g/mol. The minimum atomic E-state index is -0.806. The van der Waals surface area contributed by atoms with Gasteiger partial charge < -0.3 is 10.1 Å². The first-order valence-electron chi connectivity index (χ1n) is 6.28. The summed E-state index contributed by atoms with van der Waals surface area (Å²) >= 11 is 0. The van der Waals surface area contributed by atoms with Gasteiger partial charge in [0.15, 0.2) is 0 Å². The summed E-state index contributed by atoms with van der Waals surface area (Å²) in [6.45, 7) is 3.69. The summed E-state index contributed by atoms with van der Waals surface area (Å²) in [5, 5.41) is 13.9. The number of hydrogen-bond donors (Lipinski definition) is 1. The molecule has 0 aliphatic carbocycles. The third kappa shape index (κ3) is 3.27. The quantitative estimate of drug-likeness (QED) is 0.672. The fraction of sp³-hybridized carbons (Fsp3) is 0.538. The van der Waals surface area contributed by atoms with Crippen LogP contribution in [0.2, 0.25) is 0 Å². The van der Waals surface area contributed by atoms with E-state index in [1.54, 1.807) is 0 Å². The molecule has 0 amide bonds. The van der Waals surface area contributed by atoms with Crippen molar-refractivity contribution in [1.29, 1.82) is 0 Å². The summed E-state index contributed by atoms with van der Waals surface area (Å²) in [4.78, 5) is 9.94. The van der Waals surface area contributed by atoms with Crippen molar-refractivity contribution in [1.82, 2.24) is 5.32 Å². The molecule has 2 rings (SSSR count). The Balaban J connectivity index is 2.07. The number of rotatable bonds is 4. The zero-order valence-electron chi connectivity index (χ0n) is 10.8. The van der Waals surface area contributed by atoms with Crippen LogP contribution in [-0.4, -0.2) is 23.6 Å². The predicted molar refractivity (Wildman–Crippen MR) is 68.4 cm³/mol. The van der Waals surface area contributed by atoms with Crippen molar-refractivity contribution in [3.05, 3.63) is 39.7 Å². The van der Waals surface area contributed by atoms with Crippen LogP contribution in [0.3, 0.4) is 0 Å². The molecule has 0 radical (unpaired) electrons. The second-order valence-electron chi connectivity index (χ2n) is 5.03. The van der Waals surface area contributed by atoms with Gasteiger partial charge in [0.1, 0.15) is 0 Å². The highest BCUT2D eigenvalue weighted by Crippen LogP contribution is 2.25. The Labute approximate surface area is 110 Å². The number of nitro benzene ring substituents is 1. The van der Waals surface area contributed by atoms with Gasteiger partial charge in [0.2, 0.25) is 5.82 Å². The van der Waals surface area contributed by atoms with Gasteiger partial charge in [-0.15, -0.1) is 0 Å². The van der Waals surface area contributed by atoms with Crippen molar-refractivity contribution in [3.63, 3.8) is 0 Å². The van der Waals surface area contributed by atoms with Gasteiger partial charge in [0.25, 0.3) is 0 Å². The number of halogens is 1. The van der Waals surface area contributed by atoms with Crippen molar-refractivity contribution in [2.75, 3.05) is 13.1 Å². The number of nitrogens with zero attached hydrogens (tertiary/aromatic N) is 1. The molecule has 5 nitrogen and oxygen atoms in total. The normalized spacial score (nSPS) is 23.3. The molecule has 1 aromatic rings. The van der Waals surface area contributed by atoms with Crippen LogP contribution in [0.5, 0.6) is 0 Å². The summed E-state index contributed by atoms with van der Waals surface area (Å²) in [6.07, 6.45) is 1.91. The third-order valence-electron chi connectivity index (χ3n) is 3.39. The smallest absolute Gasteiger partial charge is 0.305 e. The van der Waals surface area contributed by atoms with Crippen LogP contribution in [0.1, 0.15) is 25.3 Å². The van der Waals surface area contributed by atoms with Crippen molar-refractivity contribution < 1.29 is 14.1 Å². The second-order valence-corrected chi connectivity index (χ2v) is 5.03. The Kier molecular flexibility index (Phi) is 4.11. The fourth-order valence-corrected chi connectivity index (χ4v) is 2.22. The minimum absolute atomic E-state index is 0.0473.